The Bertz CT molecular complexity index is 517. The van der Waals surface area contributed by atoms with Gasteiger partial charge in [0.25, 0.3) is 0 Å². The van der Waals surface area contributed by atoms with Gasteiger partial charge in [0.2, 0.25) is 0 Å². The lowest BCUT2D eigenvalue weighted by atomic mass is 10.1. The second kappa shape index (κ2) is 10.6. The number of para-hydroxylation sites is 1. The van der Waals surface area contributed by atoms with Crippen molar-refractivity contribution in [2.24, 2.45) is 0 Å². The molecule has 0 aliphatic rings. The maximum Gasteiger partial charge on any atom is 0.330 e. The van der Waals surface area contributed by atoms with Crippen LogP contribution in [-0.2, 0) is 14.5 Å². The van der Waals surface area contributed by atoms with E-state index in [1.54, 1.807) is 6.07 Å². The van der Waals surface area contributed by atoms with E-state index >= 15 is 0 Å². The summed E-state index contributed by atoms with van der Waals surface area (Å²) in [7, 11) is -4.38. The van der Waals surface area contributed by atoms with E-state index in [2.05, 4.69) is 11.3 Å². The molecule has 0 aliphatic heterocycles. The first-order valence-corrected chi connectivity index (χ1v) is 9.29. The number of rotatable bonds is 12. The van der Waals surface area contributed by atoms with Crippen molar-refractivity contribution in [2.75, 3.05) is 6.61 Å². The van der Waals surface area contributed by atoms with Gasteiger partial charge in [-0.25, -0.2) is 0 Å². The molecule has 4 nitrogen and oxygen atoms in total. The summed E-state index contributed by atoms with van der Waals surface area (Å²) >= 11 is 0. The molecule has 0 saturated carbocycles. The Morgan fingerprint density at radius 1 is 0.955 bits per heavy atom. The highest BCUT2D eigenvalue weighted by atomic mass is 32.2. The molecule has 126 valence electrons. The van der Waals surface area contributed by atoms with E-state index in [4.69, 9.17) is 4.74 Å². The number of halogens is 1. The summed E-state index contributed by atoms with van der Waals surface area (Å²) in [4.78, 5) is -0.280. The minimum atomic E-state index is -4.38. The van der Waals surface area contributed by atoms with Gasteiger partial charge in [-0.05, 0) is 23.1 Å². The molecule has 0 radical (unpaired) electrons. The predicted octanol–water partition coefficient (Wildman–Crippen LogP) is 4.80. The Kier molecular flexibility index (Phi) is 9.08. The van der Waals surface area contributed by atoms with Crippen LogP contribution in [0.4, 0.5) is 4.53 Å². The number of hydrogen-bond donors (Lipinski definition) is 0. The molecule has 0 unspecified atom stereocenters. The second-order valence-electron chi connectivity index (χ2n) is 5.29. The largest absolute Gasteiger partial charge is 0.492 e. The molecule has 0 saturated heterocycles. The molecule has 22 heavy (non-hydrogen) atoms. The van der Waals surface area contributed by atoms with Gasteiger partial charge in [-0.1, -0.05) is 68.4 Å². The van der Waals surface area contributed by atoms with E-state index in [0.717, 1.165) is 19.3 Å². The van der Waals surface area contributed by atoms with E-state index < -0.39 is 10.1 Å². The van der Waals surface area contributed by atoms with Gasteiger partial charge in [-0.15, -0.1) is 0 Å². The molecule has 0 aliphatic carbocycles. The van der Waals surface area contributed by atoms with Crippen molar-refractivity contribution in [3.63, 3.8) is 0 Å². The number of unbranched alkanes of at least 4 members (excludes halogenated alkanes) is 7. The molecule has 0 heterocycles. The van der Waals surface area contributed by atoms with Crippen LogP contribution < -0.4 is 4.74 Å². The lowest BCUT2D eigenvalue weighted by Gasteiger charge is -2.09. The molecular weight excluding hydrogens is 307 g/mol. The Morgan fingerprint density at radius 2 is 1.55 bits per heavy atom. The minimum absolute atomic E-state index is 0.128. The highest BCUT2D eigenvalue weighted by molar-refractivity contribution is 7.86. The van der Waals surface area contributed by atoms with Gasteiger partial charge < -0.3 is 4.74 Å². The molecule has 0 atom stereocenters. The summed E-state index contributed by atoms with van der Waals surface area (Å²) in [6.07, 6.45) is 9.37. The van der Waals surface area contributed by atoms with Crippen molar-refractivity contribution in [2.45, 2.75) is 63.2 Å². The normalized spacial score (nSPS) is 11.5. The van der Waals surface area contributed by atoms with Crippen molar-refractivity contribution in [3.8, 4) is 5.75 Å². The molecule has 0 fully saturated rings. The van der Waals surface area contributed by atoms with E-state index in [1.165, 1.54) is 50.3 Å². The molecule has 0 spiro atoms. The van der Waals surface area contributed by atoms with Crippen molar-refractivity contribution in [1.82, 2.24) is 0 Å². The van der Waals surface area contributed by atoms with Crippen LogP contribution in [0, 0.1) is 0 Å². The van der Waals surface area contributed by atoms with Crippen LogP contribution in [0.15, 0.2) is 29.2 Å². The monoisotopic (exact) mass is 332 g/mol. The van der Waals surface area contributed by atoms with Gasteiger partial charge >= 0.3 is 10.1 Å². The van der Waals surface area contributed by atoms with Crippen LogP contribution >= 0.6 is 0 Å². The molecule has 0 N–H and O–H groups in total. The first kappa shape index (κ1) is 18.9. The Balaban J connectivity index is 2.29. The van der Waals surface area contributed by atoms with Gasteiger partial charge in [-0.2, -0.15) is 8.42 Å². The van der Waals surface area contributed by atoms with Crippen molar-refractivity contribution in [3.05, 3.63) is 24.3 Å². The topological polar surface area (TPSA) is 52.6 Å². The number of ether oxygens (including phenoxy) is 1. The minimum Gasteiger partial charge on any atom is -0.492 e. The molecule has 0 bridgehead atoms. The summed E-state index contributed by atoms with van der Waals surface area (Å²) in [5, 5.41) is 0. The third-order valence-corrected chi connectivity index (χ3v) is 4.50. The maximum atomic E-state index is 12.1. The van der Waals surface area contributed by atoms with Crippen LogP contribution in [0.2, 0.25) is 0 Å². The van der Waals surface area contributed by atoms with E-state index in [0.29, 0.717) is 6.61 Å². The highest BCUT2D eigenvalue weighted by Crippen LogP contribution is 2.25. The first-order chi connectivity index (χ1) is 10.6. The molecular formula is C16H25FO4S. The summed E-state index contributed by atoms with van der Waals surface area (Å²) in [6.45, 7) is 2.61. The highest BCUT2D eigenvalue weighted by Gasteiger charge is 2.20. The number of benzene rings is 1. The second-order valence-corrected chi connectivity index (χ2v) is 6.76. The maximum absolute atomic E-state index is 12.1. The van der Waals surface area contributed by atoms with Gasteiger partial charge in [0, 0.05) is 0 Å². The SMILES string of the molecule is CCCCCCCCCCOc1ccccc1S(=O)(=O)OF. The molecule has 1 aromatic carbocycles. The zero-order valence-corrected chi connectivity index (χ0v) is 13.9. The fourth-order valence-electron chi connectivity index (χ4n) is 2.23. The van der Waals surface area contributed by atoms with Gasteiger partial charge in [0.15, 0.2) is 0 Å². The number of hydrogen-bond acceptors (Lipinski definition) is 4. The molecule has 1 aromatic rings. The molecule has 0 amide bonds. The van der Waals surface area contributed by atoms with E-state index in [9.17, 15) is 12.9 Å². The van der Waals surface area contributed by atoms with Gasteiger partial charge in [-0.3, -0.25) is 0 Å². The zero-order chi connectivity index (χ0) is 16.3. The lowest BCUT2D eigenvalue weighted by molar-refractivity contribution is 0.00259. The van der Waals surface area contributed by atoms with Gasteiger partial charge in [0.05, 0.1) is 6.61 Å². The smallest absolute Gasteiger partial charge is 0.330 e. The molecule has 1 rings (SSSR count). The van der Waals surface area contributed by atoms with Crippen LogP contribution in [0.3, 0.4) is 0 Å². The predicted molar refractivity (Wildman–Crippen MR) is 83.9 cm³/mol. The average molecular weight is 332 g/mol. The Labute approximate surface area is 132 Å². The zero-order valence-electron chi connectivity index (χ0n) is 13.1. The summed E-state index contributed by atoms with van der Waals surface area (Å²) in [6, 6.07) is 5.89. The van der Waals surface area contributed by atoms with E-state index in [1.807, 2.05) is 0 Å². The van der Waals surface area contributed by atoms with Crippen molar-refractivity contribution in [1.29, 1.82) is 0 Å². The van der Waals surface area contributed by atoms with Crippen molar-refractivity contribution >= 4 is 10.1 Å². The Morgan fingerprint density at radius 3 is 2.18 bits per heavy atom. The van der Waals surface area contributed by atoms with Crippen LogP contribution in [0.25, 0.3) is 0 Å². The summed E-state index contributed by atoms with van der Waals surface area (Å²) in [5.41, 5.74) is 0. The first-order valence-electron chi connectivity index (χ1n) is 7.89. The standard InChI is InChI=1S/C16H25FO4S/c1-2-3-4-5-6-7-8-11-14-20-15-12-9-10-13-16(15)22(18,19)21-17/h9-10,12-13H,2-8,11,14H2,1H3. The lowest BCUT2D eigenvalue weighted by Crippen LogP contribution is -2.06. The fraction of sp³-hybridized carbons (Fsp3) is 0.625. The summed E-state index contributed by atoms with van der Waals surface area (Å²) < 4.78 is 43.4. The quantitative estimate of drug-likeness (QED) is 0.516. The van der Waals surface area contributed by atoms with Crippen LogP contribution in [0.1, 0.15) is 58.3 Å². The molecule has 0 aromatic heterocycles. The van der Waals surface area contributed by atoms with E-state index in [-0.39, 0.29) is 10.6 Å². The van der Waals surface area contributed by atoms with Gasteiger partial charge in [0.1, 0.15) is 10.6 Å². The molecule has 6 heteroatoms. The van der Waals surface area contributed by atoms with Crippen LogP contribution in [-0.4, -0.2) is 15.0 Å². The van der Waals surface area contributed by atoms with Crippen molar-refractivity contribution < 1.29 is 22.1 Å². The average Bonchev–Trinajstić information content (AvgIpc) is 2.53. The summed E-state index contributed by atoms with van der Waals surface area (Å²) in [5.74, 6) is 0.128. The fourth-order valence-corrected chi connectivity index (χ4v) is 2.91. The van der Waals surface area contributed by atoms with Crippen LogP contribution in [0.5, 0.6) is 5.75 Å². The Hall–Kier alpha value is -1.14. The third-order valence-electron chi connectivity index (χ3n) is 3.46. The third kappa shape index (κ3) is 6.75.